The first-order valence-electron chi connectivity index (χ1n) is 12.1. The number of aromatic hydroxyl groups is 1. The summed E-state index contributed by atoms with van der Waals surface area (Å²) in [4.78, 5) is 51.8. The molecular formula is C24H37N5O7. The lowest BCUT2D eigenvalue weighted by atomic mass is 10.0. The van der Waals surface area contributed by atoms with Crippen molar-refractivity contribution >= 4 is 23.7 Å². The zero-order valence-electron chi connectivity index (χ0n) is 20.4. The molecule has 1 aliphatic heterocycles. The predicted octanol–water partition coefficient (Wildman–Crippen LogP) is -1.18. The number of benzene rings is 1. The molecule has 0 saturated carbocycles. The van der Waals surface area contributed by atoms with Crippen LogP contribution in [0.15, 0.2) is 24.3 Å². The number of phenolic OH excluding ortho intramolecular Hbond substituents is 1. The van der Waals surface area contributed by atoms with Crippen molar-refractivity contribution in [1.29, 1.82) is 0 Å². The number of nitrogens with one attached hydrogen (secondary N) is 2. The Balaban J connectivity index is 2.11. The molecule has 2 rings (SSSR count). The molecule has 5 unspecified atom stereocenters. The van der Waals surface area contributed by atoms with Crippen molar-refractivity contribution in [3.8, 4) is 5.75 Å². The molecule has 0 spiro atoms. The molecular weight excluding hydrogens is 470 g/mol. The van der Waals surface area contributed by atoms with E-state index >= 15 is 0 Å². The van der Waals surface area contributed by atoms with Crippen LogP contribution in [-0.4, -0.2) is 87.3 Å². The Bertz CT molecular complexity index is 909. The summed E-state index contributed by atoms with van der Waals surface area (Å²) in [7, 11) is 0. The third kappa shape index (κ3) is 8.18. The number of aliphatic hydroxyl groups excluding tert-OH is 1. The Kier molecular flexibility index (Phi) is 11.1. The summed E-state index contributed by atoms with van der Waals surface area (Å²) in [5, 5.41) is 33.4. The first-order chi connectivity index (χ1) is 17.0. The number of hydrogen-bond donors (Lipinski definition) is 7. The van der Waals surface area contributed by atoms with Crippen LogP contribution < -0.4 is 22.1 Å². The summed E-state index contributed by atoms with van der Waals surface area (Å²) >= 11 is 0. The van der Waals surface area contributed by atoms with Crippen molar-refractivity contribution in [1.82, 2.24) is 15.5 Å². The topological polar surface area (TPSA) is 208 Å². The first kappa shape index (κ1) is 29.0. The third-order valence-electron chi connectivity index (χ3n) is 6.17. The summed E-state index contributed by atoms with van der Waals surface area (Å²) in [5.74, 6) is -2.96. The average molecular weight is 508 g/mol. The van der Waals surface area contributed by atoms with Gasteiger partial charge < -0.3 is 42.3 Å². The highest BCUT2D eigenvalue weighted by atomic mass is 16.4. The number of aliphatic carboxylic acids is 1. The molecule has 200 valence electrons. The SMILES string of the molecule is CC(O)C(NC(=O)C1CCCN1C(=O)C(CCCCN)NC(=O)C(N)Cc1ccc(O)cc1)C(=O)O. The van der Waals surface area contributed by atoms with E-state index in [1.165, 1.54) is 24.0 Å². The van der Waals surface area contributed by atoms with Gasteiger partial charge in [-0.1, -0.05) is 12.1 Å². The summed E-state index contributed by atoms with van der Waals surface area (Å²) in [6, 6.07) is 1.98. The van der Waals surface area contributed by atoms with E-state index < -0.39 is 54.0 Å². The van der Waals surface area contributed by atoms with E-state index in [0.29, 0.717) is 38.6 Å². The molecule has 1 aliphatic rings. The normalized spacial score (nSPS) is 18.7. The number of phenols is 1. The molecule has 0 aliphatic carbocycles. The van der Waals surface area contributed by atoms with Crippen LogP contribution in [0.25, 0.3) is 0 Å². The Morgan fingerprint density at radius 1 is 1.14 bits per heavy atom. The van der Waals surface area contributed by atoms with Gasteiger partial charge in [0.2, 0.25) is 17.7 Å². The number of carbonyl (C=O) groups is 4. The van der Waals surface area contributed by atoms with E-state index in [-0.39, 0.29) is 18.7 Å². The van der Waals surface area contributed by atoms with Gasteiger partial charge in [-0.2, -0.15) is 0 Å². The number of hydrogen-bond acceptors (Lipinski definition) is 8. The number of carbonyl (C=O) groups excluding carboxylic acids is 3. The number of likely N-dealkylation sites (tertiary alicyclic amines) is 1. The van der Waals surface area contributed by atoms with Crippen LogP contribution in [0.5, 0.6) is 5.75 Å². The van der Waals surface area contributed by atoms with Crippen LogP contribution in [0.2, 0.25) is 0 Å². The molecule has 0 bridgehead atoms. The van der Waals surface area contributed by atoms with E-state index in [1.54, 1.807) is 12.1 Å². The minimum absolute atomic E-state index is 0.0923. The fraction of sp³-hybridized carbons (Fsp3) is 0.583. The van der Waals surface area contributed by atoms with Gasteiger partial charge in [0.1, 0.15) is 17.8 Å². The lowest BCUT2D eigenvalue weighted by Crippen LogP contribution is -2.58. The molecule has 12 heteroatoms. The maximum atomic E-state index is 13.4. The number of rotatable bonds is 13. The Labute approximate surface area is 210 Å². The number of aliphatic hydroxyl groups is 1. The number of nitrogens with zero attached hydrogens (tertiary/aromatic N) is 1. The zero-order valence-corrected chi connectivity index (χ0v) is 20.4. The maximum Gasteiger partial charge on any atom is 0.328 e. The van der Waals surface area contributed by atoms with Crippen molar-refractivity contribution in [2.75, 3.05) is 13.1 Å². The highest BCUT2D eigenvalue weighted by molar-refractivity contribution is 5.94. The first-order valence-corrected chi connectivity index (χ1v) is 12.1. The van der Waals surface area contributed by atoms with Crippen molar-refractivity contribution < 1.29 is 34.5 Å². The second-order valence-electron chi connectivity index (χ2n) is 9.08. The lowest BCUT2D eigenvalue weighted by Gasteiger charge is -2.30. The molecule has 0 radical (unpaired) electrons. The van der Waals surface area contributed by atoms with Gasteiger partial charge in [-0.05, 0) is 69.7 Å². The number of unbranched alkanes of at least 4 members (excludes halogenated alkanes) is 1. The second-order valence-corrected chi connectivity index (χ2v) is 9.08. The van der Waals surface area contributed by atoms with Crippen LogP contribution in [0.1, 0.15) is 44.6 Å². The smallest absolute Gasteiger partial charge is 0.328 e. The monoisotopic (exact) mass is 507 g/mol. The van der Waals surface area contributed by atoms with E-state index in [2.05, 4.69) is 10.6 Å². The summed E-state index contributed by atoms with van der Waals surface area (Å²) < 4.78 is 0. The molecule has 0 aromatic heterocycles. The van der Waals surface area contributed by atoms with Crippen molar-refractivity contribution in [2.45, 2.75) is 75.7 Å². The largest absolute Gasteiger partial charge is 0.508 e. The summed E-state index contributed by atoms with van der Waals surface area (Å²) in [6.45, 7) is 1.94. The second kappa shape index (κ2) is 13.8. The molecule has 9 N–H and O–H groups in total. The van der Waals surface area contributed by atoms with Gasteiger partial charge in [-0.3, -0.25) is 14.4 Å². The predicted molar refractivity (Wildman–Crippen MR) is 131 cm³/mol. The van der Waals surface area contributed by atoms with Gasteiger partial charge in [0.15, 0.2) is 6.04 Å². The standard InChI is InChI=1S/C24H37N5O7/c1-14(30)20(24(35)36)28-22(33)19-6-4-12-29(19)23(34)18(5-2-3-11-25)27-21(32)17(26)13-15-7-9-16(31)10-8-15/h7-10,14,17-20,30-31H,2-6,11-13,25-26H2,1H3,(H,27,32)(H,28,33)(H,35,36). The number of carboxylic acid groups (broad SMARTS) is 1. The fourth-order valence-corrected chi connectivity index (χ4v) is 4.15. The molecule has 1 saturated heterocycles. The average Bonchev–Trinajstić information content (AvgIpc) is 3.32. The number of nitrogens with two attached hydrogens (primary N) is 2. The van der Waals surface area contributed by atoms with E-state index in [0.717, 1.165) is 5.56 Å². The van der Waals surface area contributed by atoms with Gasteiger partial charge in [-0.15, -0.1) is 0 Å². The number of amides is 3. The van der Waals surface area contributed by atoms with Crippen LogP contribution in [-0.2, 0) is 25.6 Å². The molecule has 3 amide bonds. The van der Waals surface area contributed by atoms with Crippen LogP contribution >= 0.6 is 0 Å². The molecule has 1 aromatic carbocycles. The third-order valence-corrected chi connectivity index (χ3v) is 6.17. The fourth-order valence-electron chi connectivity index (χ4n) is 4.15. The van der Waals surface area contributed by atoms with Crippen molar-refractivity contribution in [2.24, 2.45) is 11.5 Å². The Morgan fingerprint density at radius 2 is 1.81 bits per heavy atom. The minimum Gasteiger partial charge on any atom is -0.508 e. The molecule has 1 fully saturated rings. The van der Waals surface area contributed by atoms with E-state index in [4.69, 9.17) is 11.5 Å². The Morgan fingerprint density at radius 3 is 2.39 bits per heavy atom. The van der Waals surface area contributed by atoms with Gasteiger partial charge in [0, 0.05) is 6.54 Å². The van der Waals surface area contributed by atoms with Gasteiger partial charge in [0.25, 0.3) is 0 Å². The lowest BCUT2D eigenvalue weighted by molar-refractivity contribution is -0.147. The van der Waals surface area contributed by atoms with Crippen molar-refractivity contribution in [3.05, 3.63) is 29.8 Å². The minimum atomic E-state index is -1.51. The molecule has 1 heterocycles. The van der Waals surface area contributed by atoms with Crippen LogP contribution in [0.4, 0.5) is 0 Å². The summed E-state index contributed by atoms with van der Waals surface area (Å²) in [5.41, 5.74) is 12.4. The molecule has 1 aromatic rings. The maximum absolute atomic E-state index is 13.4. The number of carboxylic acids is 1. The van der Waals surface area contributed by atoms with Gasteiger partial charge in [0.05, 0.1) is 12.1 Å². The van der Waals surface area contributed by atoms with E-state index in [9.17, 15) is 34.5 Å². The Hall–Kier alpha value is -3.22. The van der Waals surface area contributed by atoms with Crippen LogP contribution in [0, 0.1) is 0 Å². The molecule has 5 atom stereocenters. The molecule has 36 heavy (non-hydrogen) atoms. The zero-order chi connectivity index (χ0) is 26.8. The highest BCUT2D eigenvalue weighted by Crippen LogP contribution is 2.20. The van der Waals surface area contributed by atoms with Crippen LogP contribution in [0.3, 0.4) is 0 Å². The summed E-state index contributed by atoms with van der Waals surface area (Å²) in [6.07, 6.45) is 1.22. The highest BCUT2D eigenvalue weighted by Gasteiger charge is 2.39. The van der Waals surface area contributed by atoms with Gasteiger partial charge in [-0.25, -0.2) is 4.79 Å². The van der Waals surface area contributed by atoms with E-state index in [1.807, 2.05) is 0 Å². The van der Waals surface area contributed by atoms with Gasteiger partial charge >= 0.3 is 5.97 Å². The van der Waals surface area contributed by atoms with Crippen molar-refractivity contribution in [3.63, 3.8) is 0 Å². The molecule has 12 nitrogen and oxygen atoms in total. The quantitative estimate of drug-likeness (QED) is 0.160.